The number of imidazole rings is 1. The Kier molecular flexibility index (Phi) is 4.23. The van der Waals surface area contributed by atoms with Crippen molar-refractivity contribution in [3.05, 3.63) is 18.4 Å². The number of hydrogen-bond donors (Lipinski definition) is 1. The SMILES string of the molecule is FC(F)CN1CCC(Cc2nc(-c3cnc[nH]3)no2)CC1. The van der Waals surface area contributed by atoms with Crippen LogP contribution < -0.4 is 0 Å². The second kappa shape index (κ2) is 6.30. The summed E-state index contributed by atoms with van der Waals surface area (Å²) >= 11 is 0. The van der Waals surface area contributed by atoms with Gasteiger partial charge in [0.25, 0.3) is 6.43 Å². The van der Waals surface area contributed by atoms with Crippen LogP contribution in [0.15, 0.2) is 17.0 Å². The minimum atomic E-state index is -2.26. The van der Waals surface area contributed by atoms with Crippen LogP contribution in [0.4, 0.5) is 8.78 Å². The fourth-order valence-corrected chi connectivity index (χ4v) is 2.64. The van der Waals surface area contributed by atoms with Gasteiger partial charge >= 0.3 is 0 Å². The molecule has 0 saturated carbocycles. The fraction of sp³-hybridized carbons (Fsp3) is 0.615. The summed E-state index contributed by atoms with van der Waals surface area (Å²) < 4.78 is 29.9. The van der Waals surface area contributed by atoms with E-state index in [2.05, 4.69) is 20.1 Å². The lowest BCUT2D eigenvalue weighted by molar-refractivity contribution is 0.0681. The zero-order chi connectivity index (χ0) is 14.7. The summed E-state index contributed by atoms with van der Waals surface area (Å²) in [6.07, 6.45) is 3.41. The number of aromatic amines is 1. The second-order valence-corrected chi connectivity index (χ2v) is 5.32. The van der Waals surface area contributed by atoms with Crippen molar-refractivity contribution >= 4 is 0 Å². The van der Waals surface area contributed by atoms with Crippen LogP contribution in [0.3, 0.4) is 0 Å². The van der Waals surface area contributed by atoms with Crippen LogP contribution in [0.25, 0.3) is 11.5 Å². The lowest BCUT2D eigenvalue weighted by Gasteiger charge is -2.30. The number of aromatic nitrogens is 4. The summed E-state index contributed by atoms with van der Waals surface area (Å²) in [6.45, 7) is 1.28. The van der Waals surface area contributed by atoms with E-state index in [1.54, 1.807) is 12.5 Å². The van der Waals surface area contributed by atoms with Crippen molar-refractivity contribution in [3.8, 4) is 11.5 Å². The van der Waals surface area contributed by atoms with Gasteiger partial charge in [0, 0.05) is 6.42 Å². The Labute approximate surface area is 120 Å². The third kappa shape index (κ3) is 3.63. The third-order valence-corrected chi connectivity index (χ3v) is 3.77. The number of likely N-dealkylation sites (tertiary alicyclic amines) is 1. The molecule has 0 unspecified atom stereocenters. The molecule has 8 heteroatoms. The average molecular weight is 297 g/mol. The lowest BCUT2D eigenvalue weighted by atomic mass is 9.93. The standard InChI is InChI=1S/C13H17F2N5O/c14-11(15)7-20-3-1-9(2-4-20)5-12-18-13(19-21-12)10-6-16-8-17-10/h6,8-9,11H,1-5,7H2,(H,16,17). The van der Waals surface area contributed by atoms with E-state index in [0.29, 0.717) is 37.1 Å². The van der Waals surface area contributed by atoms with Crippen LogP contribution in [0.2, 0.25) is 0 Å². The lowest BCUT2D eigenvalue weighted by Crippen LogP contribution is -2.37. The minimum Gasteiger partial charge on any atom is -0.342 e. The maximum Gasteiger partial charge on any atom is 0.251 e. The van der Waals surface area contributed by atoms with Gasteiger partial charge in [-0.15, -0.1) is 0 Å². The number of alkyl halides is 2. The molecule has 3 rings (SSSR count). The van der Waals surface area contributed by atoms with E-state index in [1.165, 1.54) is 0 Å². The van der Waals surface area contributed by atoms with Gasteiger partial charge in [0.05, 0.1) is 19.1 Å². The van der Waals surface area contributed by atoms with Crippen LogP contribution in [0, 0.1) is 5.92 Å². The van der Waals surface area contributed by atoms with Crippen molar-refractivity contribution < 1.29 is 13.3 Å². The Morgan fingerprint density at radius 1 is 1.38 bits per heavy atom. The van der Waals surface area contributed by atoms with Crippen LogP contribution >= 0.6 is 0 Å². The van der Waals surface area contributed by atoms with Crippen molar-refractivity contribution in [3.63, 3.8) is 0 Å². The summed E-state index contributed by atoms with van der Waals surface area (Å²) in [4.78, 5) is 13.0. The summed E-state index contributed by atoms with van der Waals surface area (Å²) in [6, 6.07) is 0. The maximum absolute atomic E-state index is 12.3. The molecule has 0 atom stereocenters. The first-order chi connectivity index (χ1) is 10.2. The van der Waals surface area contributed by atoms with Crippen LogP contribution in [-0.2, 0) is 6.42 Å². The Balaban J connectivity index is 1.52. The molecule has 1 fully saturated rings. The van der Waals surface area contributed by atoms with Gasteiger partial charge in [-0.1, -0.05) is 5.16 Å². The summed E-state index contributed by atoms with van der Waals surface area (Å²) in [7, 11) is 0. The van der Waals surface area contributed by atoms with Gasteiger partial charge in [-0.05, 0) is 31.8 Å². The van der Waals surface area contributed by atoms with Crippen LogP contribution in [0.5, 0.6) is 0 Å². The van der Waals surface area contributed by atoms with Gasteiger partial charge in [0.2, 0.25) is 11.7 Å². The zero-order valence-electron chi connectivity index (χ0n) is 11.5. The fourth-order valence-electron chi connectivity index (χ4n) is 2.64. The van der Waals surface area contributed by atoms with Gasteiger partial charge in [-0.2, -0.15) is 4.98 Å². The number of H-pyrrole nitrogens is 1. The quantitative estimate of drug-likeness (QED) is 0.913. The highest BCUT2D eigenvalue weighted by molar-refractivity contribution is 5.45. The van der Waals surface area contributed by atoms with Crippen molar-refractivity contribution in [2.45, 2.75) is 25.7 Å². The molecule has 0 radical (unpaired) electrons. The number of hydrogen-bond acceptors (Lipinski definition) is 5. The Hall–Kier alpha value is -1.83. The normalized spacial score (nSPS) is 17.7. The van der Waals surface area contributed by atoms with Gasteiger partial charge in [0.15, 0.2) is 0 Å². The monoisotopic (exact) mass is 297 g/mol. The van der Waals surface area contributed by atoms with E-state index < -0.39 is 6.43 Å². The van der Waals surface area contributed by atoms with Gasteiger partial charge in [0.1, 0.15) is 5.69 Å². The van der Waals surface area contributed by atoms with Crippen LogP contribution in [0.1, 0.15) is 18.7 Å². The molecule has 0 spiro atoms. The topological polar surface area (TPSA) is 70.8 Å². The Morgan fingerprint density at radius 2 is 2.19 bits per heavy atom. The minimum absolute atomic E-state index is 0.128. The first-order valence-electron chi connectivity index (χ1n) is 7.02. The number of halogens is 2. The third-order valence-electron chi connectivity index (χ3n) is 3.77. The van der Waals surface area contributed by atoms with E-state index in [9.17, 15) is 8.78 Å². The molecule has 114 valence electrons. The smallest absolute Gasteiger partial charge is 0.251 e. The number of nitrogens with zero attached hydrogens (tertiary/aromatic N) is 4. The molecule has 2 aromatic rings. The largest absolute Gasteiger partial charge is 0.342 e. The number of piperidine rings is 1. The molecule has 1 N–H and O–H groups in total. The molecule has 0 aliphatic carbocycles. The van der Waals surface area contributed by atoms with E-state index in [4.69, 9.17) is 4.52 Å². The molecule has 2 aromatic heterocycles. The molecule has 1 aliphatic heterocycles. The van der Waals surface area contributed by atoms with Crippen LogP contribution in [-0.4, -0.2) is 51.1 Å². The van der Waals surface area contributed by atoms with Crippen molar-refractivity contribution in [2.24, 2.45) is 5.92 Å². The molecule has 0 amide bonds. The maximum atomic E-state index is 12.3. The highest BCUT2D eigenvalue weighted by Crippen LogP contribution is 2.22. The molecular weight excluding hydrogens is 280 g/mol. The second-order valence-electron chi connectivity index (χ2n) is 5.32. The Morgan fingerprint density at radius 3 is 2.86 bits per heavy atom. The molecule has 1 saturated heterocycles. The first kappa shape index (κ1) is 14.1. The molecule has 3 heterocycles. The molecule has 1 aliphatic rings. The van der Waals surface area contributed by atoms with E-state index in [0.717, 1.165) is 18.5 Å². The van der Waals surface area contributed by atoms with Gasteiger partial charge in [-0.25, -0.2) is 13.8 Å². The average Bonchev–Trinajstić information content (AvgIpc) is 3.11. The number of rotatable bonds is 5. The molecule has 6 nitrogen and oxygen atoms in total. The predicted molar refractivity (Wildman–Crippen MR) is 70.8 cm³/mol. The summed E-state index contributed by atoms with van der Waals surface area (Å²) in [5.41, 5.74) is 0.719. The van der Waals surface area contributed by atoms with Gasteiger partial charge < -0.3 is 9.51 Å². The highest BCUT2D eigenvalue weighted by atomic mass is 19.3. The van der Waals surface area contributed by atoms with E-state index >= 15 is 0 Å². The van der Waals surface area contributed by atoms with E-state index in [1.807, 2.05) is 4.90 Å². The van der Waals surface area contributed by atoms with E-state index in [-0.39, 0.29) is 6.54 Å². The van der Waals surface area contributed by atoms with Crippen molar-refractivity contribution in [1.82, 2.24) is 25.0 Å². The highest BCUT2D eigenvalue weighted by Gasteiger charge is 2.23. The zero-order valence-corrected chi connectivity index (χ0v) is 11.5. The van der Waals surface area contributed by atoms with Gasteiger partial charge in [-0.3, -0.25) is 4.90 Å². The molecular formula is C13H17F2N5O. The predicted octanol–water partition coefficient (Wildman–Crippen LogP) is 1.98. The van der Waals surface area contributed by atoms with Crippen molar-refractivity contribution in [2.75, 3.05) is 19.6 Å². The molecule has 21 heavy (non-hydrogen) atoms. The van der Waals surface area contributed by atoms with Crippen molar-refractivity contribution in [1.29, 1.82) is 0 Å². The summed E-state index contributed by atoms with van der Waals surface area (Å²) in [5.74, 6) is 1.50. The first-order valence-corrected chi connectivity index (χ1v) is 7.02. The molecule has 0 bridgehead atoms. The Bertz CT molecular complexity index is 549. The number of nitrogens with one attached hydrogen (secondary N) is 1. The summed E-state index contributed by atoms with van der Waals surface area (Å²) in [5, 5.41) is 3.91. The molecule has 0 aromatic carbocycles.